The van der Waals surface area contributed by atoms with Gasteiger partial charge in [0.2, 0.25) is 0 Å². The summed E-state index contributed by atoms with van der Waals surface area (Å²) in [6.45, 7) is 0. The number of rotatable bonds is 2. The molecule has 0 spiro atoms. The molecule has 3 rings (SSSR count). The second kappa shape index (κ2) is 5.72. The van der Waals surface area contributed by atoms with Crippen LogP contribution in [0.15, 0.2) is 53.0 Å². The molecule has 0 atom stereocenters. The molecule has 3 aromatic rings. The van der Waals surface area contributed by atoms with Crippen molar-refractivity contribution in [3.8, 4) is 6.07 Å². The quantitative estimate of drug-likeness (QED) is 0.679. The normalized spacial score (nSPS) is 10.3. The number of para-hydroxylation sites is 1. The minimum atomic E-state index is 0.584. The van der Waals surface area contributed by atoms with Crippen LogP contribution in [0.4, 0.5) is 11.5 Å². The Bertz CT molecular complexity index is 871. The van der Waals surface area contributed by atoms with Crippen molar-refractivity contribution in [2.75, 3.05) is 5.32 Å². The van der Waals surface area contributed by atoms with Gasteiger partial charge in [-0.3, -0.25) is 0 Å². The summed E-state index contributed by atoms with van der Waals surface area (Å²) in [7, 11) is 0. The first-order valence-electron chi connectivity index (χ1n) is 6.19. The van der Waals surface area contributed by atoms with Gasteiger partial charge in [0, 0.05) is 14.9 Å². The fourth-order valence-electron chi connectivity index (χ4n) is 2.06. The Kier molecular flexibility index (Phi) is 3.78. The summed E-state index contributed by atoms with van der Waals surface area (Å²) in [6, 6.07) is 17.0. The monoisotopic (exact) mass is 357 g/mol. The van der Waals surface area contributed by atoms with Gasteiger partial charge in [0.15, 0.2) is 0 Å². The average molecular weight is 359 g/mol. The predicted octanol–water partition coefficient (Wildman–Crippen LogP) is 5.27. The zero-order valence-corrected chi connectivity index (χ0v) is 13.1. The maximum absolute atomic E-state index is 9.29. The van der Waals surface area contributed by atoms with E-state index in [0.29, 0.717) is 16.4 Å². The van der Waals surface area contributed by atoms with Crippen LogP contribution in [0.25, 0.3) is 10.9 Å². The molecule has 1 heterocycles. The molecule has 0 amide bonds. The van der Waals surface area contributed by atoms with Crippen molar-refractivity contribution in [3.05, 3.63) is 63.6 Å². The number of hydrogen-bond acceptors (Lipinski definition) is 3. The summed E-state index contributed by atoms with van der Waals surface area (Å²) in [6.07, 6.45) is 0. The van der Waals surface area contributed by atoms with Crippen LogP contribution in [0.2, 0.25) is 5.02 Å². The Morgan fingerprint density at radius 3 is 2.76 bits per heavy atom. The van der Waals surface area contributed by atoms with Crippen LogP contribution in [0.1, 0.15) is 5.56 Å². The Labute approximate surface area is 135 Å². The van der Waals surface area contributed by atoms with Gasteiger partial charge in [-0.05, 0) is 46.3 Å². The zero-order valence-electron chi connectivity index (χ0n) is 10.8. The summed E-state index contributed by atoms with van der Waals surface area (Å²) in [4.78, 5) is 4.52. The van der Waals surface area contributed by atoms with Crippen LogP contribution in [0.5, 0.6) is 0 Å². The fraction of sp³-hybridized carbons (Fsp3) is 0. The van der Waals surface area contributed by atoms with Crippen LogP contribution in [-0.2, 0) is 0 Å². The fourth-order valence-corrected chi connectivity index (χ4v) is 2.58. The summed E-state index contributed by atoms with van der Waals surface area (Å²) >= 11 is 9.46. The van der Waals surface area contributed by atoms with Crippen molar-refractivity contribution >= 4 is 49.9 Å². The smallest absolute Gasteiger partial charge is 0.132 e. The third kappa shape index (κ3) is 2.85. The van der Waals surface area contributed by atoms with Gasteiger partial charge >= 0.3 is 0 Å². The number of nitrogens with zero attached hydrogens (tertiary/aromatic N) is 2. The third-order valence-electron chi connectivity index (χ3n) is 3.03. The highest BCUT2D eigenvalue weighted by molar-refractivity contribution is 9.10. The largest absolute Gasteiger partial charge is 0.339 e. The zero-order chi connectivity index (χ0) is 14.8. The molecule has 0 aliphatic carbocycles. The lowest BCUT2D eigenvalue weighted by molar-refractivity contribution is 1.35. The van der Waals surface area contributed by atoms with E-state index in [1.54, 1.807) is 18.2 Å². The minimum absolute atomic E-state index is 0.584. The lowest BCUT2D eigenvalue weighted by Crippen LogP contribution is -1.96. The lowest BCUT2D eigenvalue weighted by atomic mass is 10.1. The van der Waals surface area contributed by atoms with Gasteiger partial charge in [0.05, 0.1) is 22.8 Å². The van der Waals surface area contributed by atoms with Gasteiger partial charge in [-0.25, -0.2) is 4.98 Å². The van der Waals surface area contributed by atoms with Crippen LogP contribution in [-0.4, -0.2) is 4.98 Å². The molecule has 0 fully saturated rings. The molecule has 2 aromatic carbocycles. The molecule has 0 unspecified atom stereocenters. The van der Waals surface area contributed by atoms with E-state index in [1.165, 1.54) is 0 Å². The SMILES string of the molecule is N#Cc1cc(Nc2cc(Cl)ccc2Br)nc2ccccc12. The number of pyridine rings is 1. The Hall–Kier alpha value is -2.09. The van der Waals surface area contributed by atoms with Crippen molar-refractivity contribution < 1.29 is 0 Å². The van der Waals surface area contributed by atoms with Crippen LogP contribution < -0.4 is 5.32 Å². The molecule has 0 radical (unpaired) electrons. The van der Waals surface area contributed by atoms with Crippen molar-refractivity contribution in [2.45, 2.75) is 0 Å². The topological polar surface area (TPSA) is 48.7 Å². The molecule has 1 N–H and O–H groups in total. The Morgan fingerprint density at radius 2 is 1.95 bits per heavy atom. The highest BCUT2D eigenvalue weighted by Crippen LogP contribution is 2.29. The van der Waals surface area contributed by atoms with Gasteiger partial charge in [-0.1, -0.05) is 29.8 Å². The summed E-state index contributed by atoms with van der Waals surface area (Å²) in [5, 5.41) is 13.9. The van der Waals surface area contributed by atoms with Crippen molar-refractivity contribution in [1.82, 2.24) is 4.98 Å². The van der Waals surface area contributed by atoms with Crippen molar-refractivity contribution in [2.24, 2.45) is 0 Å². The molecule has 0 aliphatic rings. The third-order valence-corrected chi connectivity index (χ3v) is 3.95. The highest BCUT2D eigenvalue weighted by Gasteiger charge is 2.07. The number of benzene rings is 2. The molecule has 102 valence electrons. The highest BCUT2D eigenvalue weighted by atomic mass is 79.9. The first-order chi connectivity index (χ1) is 10.2. The van der Waals surface area contributed by atoms with E-state index in [2.05, 4.69) is 32.3 Å². The maximum Gasteiger partial charge on any atom is 0.132 e. The molecule has 0 saturated heterocycles. The van der Waals surface area contributed by atoms with E-state index in [0.717, 1.165) is 21.1 Å². The van der Waals surface area contributed by atoms with Crippen molar-refractivity contribution in [3.63, 3.8) is 0 Å². The van der Waals surface area contributed by atoms with E-state index in [9.17, 15) is 5.26 Å². The van der Waals surface area contributed by atoms with Crippen LogP contribution in [0, 0.1) is 11.3 Å². The second-order valence-electron chi connectivity index (χ2n) is 4.43. The lowest BCUT2D eigenvalue weighted by Gasteiger charge is -2.10. The second-order valence-corrected chi connectivity index (χ2v) is 5.72. The molecule has 1 aromatic heterocycles. The molecule has 5 heteroatoms. The molecule has 0 saturated carbocycles. The van der Waals surface area contributed by atoms with Gasteiger partial charge in [0.1, 0.15) is 5.82 Å². The van der Waals surface area contributed by atoms with Gasteiger partial charge < -0.3 is 5.32 Å². The maximum atomic E-state index is 9.29. The van der Waals surface area contributed by atoms with Crippen LogP contribution in [0.3, 0.4) is 0 Å². The van der Waals surface area contributed by atoms with Crippen LogP contribution >= 0.6 is 27.5 Å². The number of fused-ring (bicyclic) bond motifs is 1. The molecule has 21 heavy (non-hydrogen) atoms. The van der Waals surface area contributed by atoms with Crippen molar-refractivity contribution in [1.29, 1.82) is 5.26 Å². The predicted molar refractivity (Wildman–Crippen MR) is 88.9 cm³/mol. The number of halogens is 2. The number of anilines is 2. The molecule has 0 aliphatic heterocycles. The number of hydrogen-bond donors (Lipinski definition) is 1. The van der Waals surface area contributed by atoms with E-state index < -0.39 is 0 Å². The first-order valence-corrected chi connectivity index (χ1v) is 7.36. The van der Waals surface area contributed by atoms with Gasteiger partial charge in [-0.15, -0.1) is 0 Å². The number of aromatic nitrogens is 1. The molecule has 0 bridgehead atoms. The molecular formula is C16H9BrClN3. The number of nitrogens with one attached hydrogen (secondary N) is 1. The Balaban J connectivity index is 2.09. The van der Waals surface area contributed by atoms with E-state index in [4.69, 9.17) is 11.6 Å². The Morgan fingerprint density at radius 1 is 1.14 bits per heavy atom. The summed E-state index contributed by atoms with van der Waals surface area (Å²) in [5.41, 5.74) is 2.16. The average Bonchev–Trinajstić information content (AvgIpc) is 2.50. The summed E-state index contributed by atoms with van der Waals surface area (Å²) in [5.74, 6) is 0.605. The molecular weight excluding hydrogens is 350 g/mol. The van der Waals surface area contributed by atoms with E-state index in [-0.39, 0.29) is 0 Å². The van der Waals surface area contributed by atoms with Gasteiger partial charge in [-0.2, -0.15) is 5.26 Å². The van der Waals surface area contributed by atoms with E-state index >= 15 is 0 Å². The van der Waals surface area contributed by atoms with Gasteiger partial charge in [0.25, 0.3) is 0 Å². The summed E-state index contributed by atoms with van der Waals surface area (Å²) < 4.78 is 0.875. The first kappa shape index (κ1) is 13.9. The molecule has 3 nitrogen and oxygen atoms in total. The van der Waals surface area contributed by atoms with E-state index in [1.807, 2.05) is 30.3 Å². The number of nitriles is 1. The standard InChI is InChI=1S/C16H9BrClN3/c17-13-6-5-11(18)8-15(13)21-16-7-10(9-19)12-3-1-2-4-14(12)20-16/h1-8H,(H,20,21). The minimum Gasteiger partial charge on any atom is -0.339 e.